The van der Waals surface area contributed by atoms with Crippen molar-refractivity contribution in [1.29, 1.82) is 15.8 Å². The highest BCUT2D eigenvalue weighted by Gasteiger charge is 2.27. The minimum absolute atomic E-state index is 0.0153. The predicted molar refractivity (Wildman–Crippen MR) is 595 cm³/mol. The quantitative estimate of drug-likeness (QED) is 0.0112. The average molecular weight is 2100 g/mol. The molecule has 0 saturated heterocycles. The Morgan fingerprint density at radius 2 is 0.577 bits per heavy atom. The molecule has 15 rings (SSSR count). The van der Waals surface area contributed by atoms with Crippen LogP contribution in [0.15, 0.2) is 243 Å². The van der Waals surface area contributed by atoms with E-state index in [1.54, 1.807) is 56.3 Å². The minimum Gasteiger partial charge on any atom is -0.481 e. The molecular formula is C117H118Cl5N15O12. The lowest BCUT2D eigenvalue weighted by atomic mass is 10.1. The molecule has 0 atom stereocenters. The topological polar surface area (TPSA) is 392 Å². The van der Waals surface area contributed by atoms with Gasteiger partial charge in [-0.05, 0) is 358 Å². The number of aliphatic carboxylic acids is 2. The molecule has 0 radical (unpaired) electrons. The summed E-state index contributed by atoms with van der Waals surface area (Å²) in [6, 6.07) is 82.1. The molecule has 0 aliphatic carbocycles. The number of carboxylic acid groups (broad SMARTS) is 2. The smallest absolute Gasteiger partial charge is 0.306 e. The van der Waals surface area contributed by atoms with E-state index in [1.807, 2.05) is 297 Å². The van der Waals surface area contributed by atoms with Gasteiger partial charge in [-0.1, -0.05) is 58.0 Å². The molecule has 0 fully saturated rings. The summed E-state index contributed by atoms with van der Waals surface area (Å²) >= 11 is 30.9. The Kier molecular flexibility index (Phi) is 40.0. The number of hydrogen-bond acceptors (Lipinski definition) is 18. The largest absolute Gasteiger partial charge is 0.481 e. The molecule has 15 aromatic rings. The number of aryl methyl sites for hydroxylation is 10. The third kappa shape index (κ3) is 28.6. The molecule has 768 valence electrons. The lowest BCUT2D eigenvalue weighted by Crippen LogP contribution is -2.13. The maximum Gasteiger partial charge on any atom is 0.306 e. The number of carbonyl (C=O) groups is 7. The van der Waals surface area contributed by atoms with Crippen LogP contribution in [0.3, 0.4) is 0 Å². The molecule has 0 saturated carbocycles. The van der Waals surface area contributed by atoms with Crippen molar-refractivity contribution in [2.45, 2.75) is 120 Å². The van der Waals surface area contributed by atoms with Crippen molar-refractivity contribution in [3.63, 3.8) is 0 Å². The predicted octanol–water partition coefficient (Wildman–Crippen LogP) is 24.7. The van der Waals surface area contributed by atoms with Crippen molar-refractivity contribution in [1.82, 2.24) is 22.8 Å². The first-order valence-electron chi connectivity index (χ1n) is 48.0. The number of primary amides is 2. The van der Waals surface area contributed by atoms with Gasteiger partial charge in [0.1, 0.15) is 0 Å². The Balaban J connectivity index is 0.000000177. The summed E-state index contributed by atoms with van der Waals surface area (Å²) in [7, 11) is 11.5. The molecule has 2 amide bonds. The van der Waals surface area contributed by atoms with E-state index in [-0.39, 0.29) is 37.2 Å². The molecule has 32 heteroatoms. The monoisotopic (exact) mass is 2100 g/mol. The van der Waals surface area contributed by atoms with E-state index in [9.17, 15) is 54.5 Å². The van der Waals surface area contributed by atoms with Gasteiger partial charge in [-0.3, -0.25) is 33.6 Å². The molecule has 149 heavy (non-hydrogen) atoms. The van der Waals surface area contributed by atoms with Gasteiger partial charge in [0, 0.05) is 192 Å². The number of nitriles is 3. The third-order valence-corrected chi connectivity index (χ3v) is 25.8. The van der Waals surface area contributed by atoms with E-state index >= 15 is 0 Å². The lowest BCUT2D eigenvalue weighted by Gasteiger charge is -2.21. The van der Waals surface area contributed by atoms with Gasteiger partial charge in [-0.25, -0.2) is 0 Å². The number of aromatic nitrogens is 5. The van der Waals surface area contributed by atoms with Crippen LogP contribution >= 0.6 is 58.0 Å². The second kappa shape index (κ2) is 52.7. The van der Waals surface area contributed by atoms with Crippen LogP contribution in [0.4, 0.5) is 28.4 Å². The number of amides is 2. The van der Waals surface area contributed by atoms with Crippen LogP contribution in [0, 0.1) is 68.6 Å². The molecule has 5 heterocycles. The Hall–Kier alpha value is -16.2. The zero-order valence-electron chi connectivity index (χ0n) is 85.4. The third-order valence-electron chi connectivity index (χ3n) is 24.6. The summed E-state index contributed by atoms with van der Waals surface area (Å²) in [5, 5.41) is 55.5. The van der Waals surface area contributed by atoms with Gasteiger partial charge in [0.05, 0.1) is 115 Å². The molecule has 0 aliphatic heterocycles. The highest BCUT2D eigenvalue weighted by atomic mass is 35.5. The first kappa shape index (κ1) is 113. The van der Waals surface area contributed by atoms with E-state index in [4.69, 9.17) is 94.5 Å². The van der Waals surface area contributed by atoms with Crippen molar-refractivity contribution in [3.8, 4) is 103 Å². The number of benzene rings is 10. The van der Waals surface area contributed by atoms with Crippen molar-refractivity contribution >= 4 is 128 Å². The molecule has 0 spiro atoms. The number of nitrogen functional groups attached to an aromatic ring is 1. The maximum absolute atomic E-state index is 12.0. The number of ether oxygens (including phenoxy) is 3. The van der Waals surface area contributed by atoms with Crippen LogP contribution in [0.5, 0.6) is 0 Å². The van der Waals surface area contributed by atoms with Gasteiger partial charge < -0.3 is 84.9 Å². The van der Waals surface area contributed by atoms with Gasteiger partial charge in [0.2, 0.25) is 11.8 Å². The number of halogens is 5. The van der Waals surface area contributed by atoms with Crippen LogP contribution < -0.4 is 37.6 Å². The van der Waals surface area contributed by atoms with E-state index in [0.29, 0.717) is 123 Å². The van der Waals surface area contributed by atoms with Gasteiger partial charge in [0.15, 0.2) is 0 Å². The van der Waals surface area contributed by atoms with Gasteiger partial charge in [0.25, 0.3) is 0 Å². The number of nitrogens with two attached hydrogens (primary N) is 3. The number of hydrogen-bond donors (Lipinski definition) is 7. The Morgan fingerprint density at radius 1 is 0.329 bits per heavy atom. The molecule has 10 N–H and O–H groups in total. The molecule has 0 aliphatic rings. The van der Waals surface area contributed by atoms with Crippen molar-refractivity contribution in [3.05, 3.63) is 352 Å². The van der Waals surface area contributed by atoms with Gasteiger partial charge in [-0.15, -0.1) is 0 Å². The van der Waals surface area contributed by atoms with Crippen molar-refractivity contribution < 1.29 is 58.0 Å². The van der Waals surface area contributed by atoms with E-state index in [0.717, 1.165) is 164 Å². The fourth-order valence-electron chi connectivity index (χ4n) is 17.6. The van der Waals surface area contributed by atoms with Crippen LogP contribution in [-0.4, -0.2) is 137 Å². The Labute approximate surface area is 892 Å². The summed E-state index contributed by atoms with van der Waals surface area (Å²) in [4.78, 5) is 85.2. The second-order valence-corrected chi connectivity index (χ2v) is 37.4. The number of carboxylic acids is 2. The van der Waals surface area contributed by atoms with Crippen molar-refractivity contribution in [2.24, 2.45) is 11.5 Å². The Bertz CT molecular complexity index is 7610. The van der Waals surface area contributed by atoms with Crippen LogP contribution in [0.2, 0.25) is 25.1 Å². The van der Waals surface area contributed by atoms with Crippen LogP contribution in [0.1, 0.15) is 147 Å². The number of rotatable bonds is 34. The summed E-state index contributed by atoms with van der Waals surface area (Å²) in [6.07, 6.45) is 3.26. The normalized spacial score (nSPS) is 10.6. The maximum atomic E-state index is 12.0. The zero-order valence-corrected chi connectivity index (χ0v) is 89.1. The number of carbonyl (C=O) groups excluding carboxylic acids is 5. The van der Waals surface area contributed by atoms with E-state index in [1.165, 1.54) is 0 Å². The number of nitrogens with one attached hydrogen (secondary N) is 2. The highest BCUT2D eigenvalue weighted by Crippen LogP contribution is 2.43. The Morgan fingerprint density at radius 3 is 0.826 bits per heavy atom. The molecule has 0 unspecified atom stereocenters. The number of esters is 3. The molecule has 0 bridgehead atoms. The van der Waals surface area contributed by atoms with Gasteiger partial charge >= 0.3 is 29.8 Å². The molecule has 27 nitrogen and oxygen atoms in total. The summed E-state index contributed by atoms with van der Waals surface area (Å²) in [6.45, 7) is 16.2. The van der Waals surface area contributed by atoms with Crippen LogP contribution in [-0.2, 0) is 70.3 Å². The average Bonchev–Trinajstić information content (AvgIpc) is 1.68. The fraction of sp³-hybridized carbons (Fsp3) is 0.231. The standard InChI is InChI=1S/C25H26ClN3O2.C24H24ClN3O2.C23H24ClN3O3.C23H22ClN3O2.C22H22ClN3O3/c1-5-31-25(30)13-9-20-8-12-23(21-10-7-19(26)15-24(21)28(3)4)29(20)22-11-6-18(16-27)14-17(22)2;1-4-30-24(29)12-8-19-7-11-23(20-9-6-18(25)14-21(20)27-3)28(19)22-10-5-17(15-26)13-16(22)2;1-14-12-15(23(25)30)4-9-19(14)27-17(7-11-22(28)29)6-10-20(27)18-8-5-16(24)13-21(18)26(2)3;1-3-29-23(28)11-7-18-6-10-22(19-8-5-17(24)13-20(19)26)27(18)21-9-4-16(14-25)12-15(21)2;1-13-11-14(22(24)29)3-8-19(13)26-16(6-10-21(27)28)5-9-20(26)17-7-4-15(23)12-18(17)25-2/h6-8,10-12,14-15H,5,9,13H2,1-4H3;5-7,9-11,13-14,27H,4,8,12H2,1-3H3;4-6,8-10,12-13H,7,11H2,1-3H3,(H2,25,30)(H,28,29);4-6,8-10,12-13H,3,7,11,26H2,1-2H3;3-5,7-9,11-12,25H,6,10H2,1-2H3,(H2,24,29)(H,27,28). The fourth-order valence-corrected chi connectivity index (χ4v) is 18.5. The summed E-state index contributed by atoms with van der Waals surface area (Å²) < 4.78 is 25.7. The van der Waals surface area contributed by atoms with E-state index < -0.39 is 23.8 Å². The molecule has 5 aromatic heterocycles. The van der Waals surface area contributed by atoms with Crippen molar-refractivity contribution in [2.75, 3.05) is 88.3 Å². The molecule has 10 aromatic carbocycles. The minimum atomic E-state index is -0.859. The summed E-state index contributed by atoms with van der Waals surface area (Å²) in [5.74, 6) is -3.36. The SMILES string of the molecule is CCOC(=O)CCc1ccc(-c2ccc(Cl)cc2N(C)C)n1-c1ccc(C#N)cc1C.CCOC(=O)CCc1ccc(-c2ccc(Cl)cc2N)n1-c1ccc(C#N)cc1C.CCOC(=O)CCc1ccc(-c2ccc(Cl)cc2NC)n1-c1ccc(C#N)cc1C.CNc1cc(Cl)ccc1-c1ccc(CCC(=O)O)n1-c1ccc(C(N)=O)cc1C.Cc1cc(C(N)=O)ccc1-n1c(CCC(=O)O)ccc1-c1ccc(Cl)cc1N(C)C. The first-order chi connectivity index (χ1) is 71.3. The number of anilines is 5. The first-order valence-corrected chi connectivity index (χ1v) is 49.9. The zero-order chi connectivity index (χ0) is 108. The second-order valence-electron chi connectivity index (χ2n) is 35.2. The lowest BCUT2D eigenvalue weighted by molar-refractivity contribution is -0.144. The highest BCUT2D eigenvalue weighted by molar-refractivity contribution is 6.32. The van der Waals surface area contributed by atoms with E-state index in [2.05, 4.69) is 48.6 Å². The van der Waals surface area contributed by atoms with Crippen LogP contribution in [0.25, 0.3) is 84.7 Å². The molecular weight excluding hydrogens is 1980 g/mol. The number of nitrogens with zero attached hydrogens (tertiary/aromatic N) is 10. The summed E-state index contributed by atoms with van der Waals surface area (Å²) in [5.41, 5.74) is 47.3. The van der Waals surface area contributed by atoms with Gasteiger partial charge in [-0.2, -0.15) is 15.8 Å².